The molecule has 0 atom stereocenters. The predicted molar refractivity (Wildman–Crippen MR) is 91.1 cm³/mol. The van der Waals surface area contributed by atoms with Crippen molar-refractivity contribution in [1.82, 2.24) is 9.97 Å². The molecule has 0 aliphatic heterocycles. The molecule has 110 valence electrons. The maximum Gasteiger partial charge on any atom is 0.189 e. The second-order valence-corrected chi connectivity index (χ2v) is 5.92. The van der Waals surface area contributed by atoms with Crippen LogP contribution < -0.4 is 0 Å². The van der Waals surface area contributed by atoms with Gasteiger partial charge < -0.3 is 4.42 Å². The molecule has 0 amide bonds. The van der Waals surface area contributed by atoms with Gasteiger partial charge in [0.1, 0.15) is 11.3 Å². The summed E-state index contributed by atoms with van der Waals surface area (Å²) in [5.41, 5.74) is 1.56. The topological polar surface area (TPSA) is 62.7 Å². The van der Waals surface area contributed by atoms with Crippen LogP contribution in [0.25, 0.3) is 33.2 Å². The fourth-order valence-electron chi connectivity index (χ4n) is 2.56. The first-order chi connectivity index (χ1) is 11.3. The van der Waals surface area contributed by atoms with E-state index in [9.17, 15) is 0 Å². The number of benzene rings is 2. The van der Waals surface area contributed by atoms with Crippen LogP contribution in [-0.4, -0.2) is 15.7 Å². The first-order valence-corrected chi connectivity index (χ1v) is 8.08. The van der Waals surface area contributed by atoms with Crippen LogP contribution in [0.4, 0.5) is 0 Å². The van der Waals surface area contributed by atoms with Crippen molar-refractivity contribution in [3.8, 4) is 17.5 Å². The fraction of sp³-hybridized carbons (Fsp3) is 0.0556. The number of fused-ring (bicyclic) bond motifs is 3. The normalized spacial score (nSPS) is 10.9. The Hall–Kier alpha value is -2.84. The SMILES string of the molecule is N#CCSc1nccc(-c2cc3c(ccc4ccccc43)o2)n1. The molecule has 4 aromatic rings. The minimum absolute atomic E-state index is 0.328. The Kier molecular flexibility index (Phi) is 3.45. The van der Waals surface area contributed by atoms with Crippen LogP contribution >= 0.6 is 11.8 Å². The van der Waals surface area contributed by atoms with Gasteiger partial charge in [-0.05, 0) is 29.0 Å². The molecular formula is C18H11N3OS. The number of hydrogen-bond donors (Lipinski definition) is 0. The van der Waals surface area contributed by atoms with E-state index in [1.54, 1.807) is 6.20 Å². The second kappa shape index (κ2) is 5.75. The zero-order chi connectivity index (χ0) is 15.6. The Bertz CT molecular complexity index is 1050. The van der Waals surface area contributed by atoms with Crippen molar-refractivity contribution < 1.29 is 4.42 Å². The number of furan rings is 1. The Balaban J connectivity index is 1.83. The van der Waals surface area contributed by atoms with Crippen molar-refractivity contribution in [2.24, 2.45) is 0 Å². The first-order valence-electron chi connectivity index (χ1n) is 7.09. The molecule has 0 bridgehead atoms. The molecule has 0 spiro atoms. The molecule has 2 aromatic carbocycles. The highest BCUT2D eigenvalue weighted by Gasteiger charge is 2.11. The van der Waals surface area contributed by atoms with Crippen LogP contribution in [-0.2, 0) is 0 Å². The smallest absolute Gasteiger partial charge is 0.189 e. The fourth-order valence-corrected chi connectivity index (χ4v) is 3.06. The monoisotopic (exact) mass is 317 g/mol. The molecule has 0 fully saturated rings. The van der Waals surface area contributed by atoms with Gasteiger partial charge in [0.25, 0.3) is 0 Å². The van der Waals surface area contributed by atoms with E-state index in [0.717, 1.165) is 22.0 Å². The number of nitriles is 1. The average molecular weight is 317 g/mol. The summed E-state index contributed by atoms with van der Waals surface area (Å²) in [7, 11) is 0. The third-order valence-corrected chi connectivity index (χ3v) is 4.31. The second-order valence-electron chi connectivity index (χ2n) is 4.98. The minimum Gasteiger partial charge on any atom is -0.454 e. The number of aromatic nitrogens is 2. The molecule has 0 aliphatic carbocycles. The quantitative estimate of drug-likeness (QED) is 0.406. The molecule has 2 aromatic heterocycles. The third kappa shape index (κ3) is 2.54. The lowest BCUT2D eigenvalue weighted by molar-refractivity contribution is 0.627. The van der Waals surface area contributed by atoms with E-state index in [4.69, 9.17) is 9.68 Å². The molecule has 2 heterocycles. The zero-order valence-electron chi connectivity index (χ0n) is 12.1. The Morgan fingerprint density at radius 2 is 2.00 bits per heavy atom. The van der Waals surface area contributed by atoms with Crippen LogP contribution in [0, 0.1) is 11.3 Å². The van der Waals surface area contributed by atoms with Gasteiger partial charge in [-0.25, -0.2) is 9.97 Å². The highest BCUT2D eigenvalue weighted by molar-refractivity contribution is 7.99. The lowest BCUT2D eigenvalue weighted by Gasteiger charge is -1.98. The van der Waals surface area contributed by atoms with Crippen molar-refractivity contribution >= 4 is 33.5 Å². The highest BCUT2D eigenvalue weighted by atomic mass is 32.2. The summed E-state index contributed by atoms with van der Waals surface area (Å²) >= 11 is 1.31. The number of thioether (sulfide) groups is 1. The highest BCUT2D eigenvalue weighted by Crippen LogP contribution is 2.32. The average Bonchev–Trinajstić information content (AvgIpc) is 3.05. The van der Waals surface area contributed by atoms with E-state index in [1.165, 1.54) is 17.1 Å². The van der Waals surface area contributed by atoms with Gasteiger partial charge in [0.2, 0.25) is 0 Å². The molecule has 0 N–H and O–H groups in total. The van der Waals surface area contributed by atoms with Gasteiger partial charge in [-0.2, -0.15) is 5.26 Å². The van der Waals surface area contributed by atoms with Gasteiger partial charge in [0, 0.05) is 11.6 Å². The molecule has 4 rings (SSSR count). The Labute approximate surface area is 136 Å². The van der Waals surface area contributed by atoms with Crippen LogP contribution in [0.5, 0.6) is 0 Å². The van der Waals surface area contributed by atoms with Gasteiger partial charge >= 0.3 is 0 Å². The number of hydrogen-bond acceptors (Lipinski definition) is 5. The molecule has 23 heavy (non-hydrogen) atoms. The van der Waals surface area contributed by atoms with Gasteiger partial charge in [-0.1, -0.05) is 42.1 Å². The van der Waals surface area contributed by atoms with Gasteiger partial charge in [-0.3, -0.25) is 0 Å². The van der Waals surface area contributed by atoms with E-state index >= 15 is 0 Å². The van der Waals surface area contributed by atoms with Crippen LogP contribution in [0.3, 0.4) is 0 Å². The maximum atomic E-state index is 8.66. The summed E-state index contributed by atoms with van der Waals surface area (Å²) in [6, 6.07) is 18.2. The lowest BCUT2D eigenvalue weighted by atomic mass is 10.1. The van der Waals surface area contributed by atoms with Crippen molar-refractivity contribution in [2.45, 2.75) is 5.16 Å². The maximum absolute atomic E-state index is 8.66. The molecule has 0 aliphatic rings. The Morgan fingerprint density at radius 1 is 1.09 bits per heavy atom. The molecule has 0 saturated heterocycles. The summed E-state index contributed by atoms with van der Waals surface area (Å²) in [5, 5.41) is 12.7. The summed E-state index contributed by atoms with van der Waals surface area (Å²) in [5.74, 6) is 1.03. The summed E-state index contributed by atoms with van der Waals surface area (Å²) in [6.07, 6.45) is 1.69. The van der Waals surface area contributed by atoms with Crippen molar-refractivity contribution in [2.75, 3.05) is 5.75 Å². The first kappa shape index (κ1) is 13.8. The van der Waals surface area contributed by atoms with Gasteiger partial charge in [0.15, 0.2) is 10.9 Å². The molecule has 0 unspecified atom stereocenters. The number of rotatable bonds is 3. The lowest BCUT2D eigenvalue weighted by Crippen LogP contribution is -1.89. The van der Waals surface area contributed by atoms with Gasteiger partial charge in [0.05, 0.1) is 11.8 Å². The van der Waals surface area contributed by atoms with E-state index in [1.807, 2.05) is 30.3 Å². The zero-order valence-corrected chi connectivity index (χ0v) is 12.9. The van der Waals surface area contributed by atoms with Crippen LogP contribution in [0.1, 0.15) is 0 Å². The van der Waals surface area contributed by atoms with E-state index in [2.05, 4.69) is 34.2 Å². The summed E-state index contributed by atoms with van der Waals surface area (Å²) < 4.78 is 5.96. The molecule has 0 saturated carbocycles. The molecule has 4 nitrogen and oxygen atoms in total. The molecule has 0 radical (unpaired) electrons. The molecule has 5 heteroatoms. The van der Waals surface area contributed by atoms with E-state index < -0.39 is 0 Å². The molecular weight excluding hydrogens is 306 g/mol. The summed E-state index contributed by atoms with van der Waals surface area (Å²) in [4.78, 5) is 8.63. The minimum atomic E-state index is 0.328. The standard InChI is InChI=1S/C18H11N3OS/c19-8-10-23-18-20-9-7-15(21-18)17-11-14-13-4-2-1-3-12(13)5-6-16(14)22-17/h1-7,9,11H,10H2. The third-order valence-electron chi connectivity index (χ3n) is 3.58. The van der Waals surface area contributed by atoms with Crippen molar-refractivity contribution in [3.05, 3.63) is 54.7 Å². The summed E-state index contributed by atoms with van der Waals surface area (Å²) in [6.45, 7) is 0. The van der Waals surface area contributed by atoms with Crippen LogP contribution in [0.2, 0.25) is 0 Å². The van der Waals surface area contributed by atoms with Crippen molar-refractivity contribution in [3.63, 3.8) is 0 Å². The Morgan fingerprint density at radius 3 is 2.91 bits per heavy atom. The van der Waals surface area contributed by atoms with Crippen LogP contribution in [0.15, 0.2) is 64.3 Å². The van der Waals surface area contributed by atoms with E-state index in [0.29, 0.717) is 16.7 Å². The van der Waals surface area contributed by atoms with Gasteiger partial charge in [-0.15, -0.1) is 0 Å². The number of nitrogens with zero attached hydrogens (tertiary/aromatic N) is 3. The largest absolute Gasteiger partial charge is 0.454 e. The predicted octanol–water partition coefficient (Wildman–Crippen LogP) is 4.66. The van der Waals surface area contributed by atoms with Crippen molar-refractivity contribution in [1.29, 1.82) is 5.26 Å². The van der Waals surface area contributed by atoms with E-state index in [-0.39, 0.29) is 0 Å².